The number of fused-ring (bicyclic) bond motifs is 1. The highest BCUT2D eigenvalue weighted by atomic mass is 35.5. The average molecular weight is 558 g/mol. The first-order valence-corrected chi connectivity index (χ1v) is 14.6. The molecule has 9 heteroatoms. The molecule has 1 amide bonds. The summed E-state index contributed by atoms with van der Waals surface area (Å²) >= 11 is 9.37. The van der Waals surface area contributed by atoms with E-state index in [1.54, 1.807) is 11.8 Å². The van der Waals surface area contributed by atoms with Crippen molar-refractivity contribution in [2.24, 2.45) is 0 Å². The predicted octanol–water partition coefficient (Wildman–Crippen LogP) is 6.46. The van der Waals surface area contributed by atoms with Crippen LogP contribution in [0.1, 0.15) is 38.0 Å². The molecule has 6 nitrogen and oxygen atoms in total. The van der Waals surface area contributed by atoms with Crippen LogP contribution in [0.2, 0.25) is 5.02 Å². The molecule has 38 heavy (non-hydrogen) atoms. The molecule has 0 radical (unpaired) electrons. The number of halogens is 1. The first-order valence-electron chi connectivity index (χ1n) is 12.3. The van der Waals surface area contributed by atoms with Crippen LogP contribution in [0.3, 0.4) is 0 Å². The number of nitrogens with zero attached hydrogens (tertiary/aromatic N) is 5. The average Bonchev–Trinajstić information content (AvgIpc) is 3.59. The van der Waals surface area contributed by atoms with Crippen molar-refractivity contribution in [1.29, 1.82) is 0 Å². The van der Waals surface area contributed by atoms with E-state index in [1.165, 1.54) is 22.5 Å². The number of carbonyl (C=O) groups is 1. The number of aromatic nitrogens is 4. The smallest absolute Gasteiger partial charge is 0.273 e. The third kappa shape index (κ3) is 5.38. The lowest BCUT2D eigenvalue weighted by Gasteiger charge is -2.28. The molecule has 0 atom stereocenters. The number of thioether (sulfide) groups is 1. The second kappa shape index (κ2) is 11.1. The van der Waals surface area contributed by atoms with Gasteiger partial charge in [0.1, 0.15) is 16.5 Å². The third-order valence-corrected chi connectivity index (χ3v) is 8.69. The maximum Gasteiger partial charge on any atom is 0.273 e. The minimum atomic E-state index is -0.0146. The van der Waals surface area contributed by atoms with Crippen molar-refractivity contribution in [2.75, 3.05) is 6.54 Å². The lowest BCUT2D eigenvalue weighted by atomic mass is 10.00. The highest BCUT2D eigenvalue weighted by Gasteiger charge is 2.24. The van der Waals surface area contributed by atoms with Gasteiger partial charge in [0.05, 0.1) is 11.4 Å². The van der Waals surface area contributed by atoms with Crippen LogP contribution in [0.15, 0.2) is 89.4 Å². The van der Waals surface area contributed by atoms with Gasteiger partial charge in [-0.3, -0.25) is 9.36 Å². The number of rotatable bonds is 7. The fraction of sp³-hybridized carbons (Fsp3) is 0.172. The number of carbonyl (C=O) groups excluding carboxylic acids is 1. The lowest BCUT2D eigenvalue weighted by Crippen LogP contribution is -2.36. The van der Waals surface area contributed by atoms with E-state index < -0.39 is 0 Å². The first-order chi connectivity index (χ1) is 18.6. The number of hydrogen-bond donors (Lipinski definition) is 0. The molecule has 6 rings (SSSR count). The Balaban J connectivity index is 1.19. The molecule has 0 bridgehead atoms. The second-order valence-corrected chi connectivity index (χ2v) is 11.4. The molecule has 0 unspecified atom stereocenters. The van der Waals surface area contributed by atoms with E-state index in [4.69, 9.17) is 11.6 Å². The number of hydrogen-bond acceptors (Lipinski definition) is 6. The van der Waals surface area contributed by atoms with Gasteiger partial charge in [0, 0.05) is 29.9 Å². The van der Waals surface area contributed by atoms with Crippen LogP contribution in [0.4, 0.5) is 0 Å². The standard InChI is InChI=1S/C29H24ClN5OS2/c30-23-11-6-12-24(16-23)35-26(15-20-7-2-1-3-8-20)32-33-29(35)38-19-27-31-25(18-37-27)28(36)34-14-13-21-9-4-5-10-22(21)17-34/h1-12,16,18H,13-15,17,19H2. The SMILES string of the molecule is O=C(c1csc(CSc2nnc(Cc3ccccc3)n2-c2cccc(Cl)c2)n1)N1CCc2ccccc2C1. The normalized spacial score (nSPS) is 12.9. The van der Waals surface area contributed by atoms with Crippen LogP contribution in [0, 0.1) is 0 Å². The van der Waals surface area contributed by atoms with Crippen molar-refractivity contribution in [3.63, 3.8) is 0 Å². The highest BCUT2D eigenvalue weighted by Crippen LogP contribution is 2.29. The molecule has 0 N–H and O–H groups in total. The molecular weight excluding hydrogens is 534 g/mol. The molecule has 0 saturated carbocycles. The summed E-state index contributed by atoms with van der Waals surface area (Å²) in [5.41, 5.74) is 5.11. The summed E-state index contributed by atoms with van der Waals surface area (Å²) in [7, 11) is 0. The van der Waals surface area contributed by atoms with Gasteiger partial charge in [0.2, 0.25) is 0 Å². The molecule has 0 saturated heterocycles. The van der Waals surface area contributed by atoms with Crippen LogP contribution in [0.5, 0.6) is 0 Å². The van der Waals surface area contributed by atoms with Crippen LogP contribution < -0.4 is 0 Å². The zero-order valence-corrected chi connectivity index (χ0v) is 22.8. The number of thiazole rings is 1. The Morgan fingerprint density at radius 3 is 2.63 bits per heavy atom. The Kier molecular flexibility index (Phi) is 7.27. The zero-order valence-electron chi connectivity index (χ0n) is 20.5. The fourth-order valence-corrected chi connectivity index (χ4v) is 6.54. The van der Waals surface area contributed by atoms with Gasteiger partial charge in [-0.25, -0.2) is 4.98 Å². The lowest BCUT2D eigenvalue weighted by molar-refractivity contribution is 0.0729. The Hall–Kier alpha value is -3.46. The van der Waals surface area contributed by atoms with E-state index in [1.807, 2.05) is 63.4 Å². The van der Waals surface area contributed by atoms with Crippen molar-refractivity contribution >= 4 is 40.6 Å². The van der Waals surface area contributed by atoms with Crippen molar-refractivity contribution in [3.8, 4) is 5.69 Å². The molecule has 3 heterocycles. The largest absolute Gasteiger partial charge is 0.333 e. The van der Waals surface area contributed by atoms with Gasteiger partial charge >= 0.3 is 0 Å². The van der Waals surface area contributed by atoms with Crippen LogP contribution in [0.25, 0.3) is 5.69 Å². The zero-order chi connectivity index (χ0) is 25.9. The van der Waals surface area contributed by atoms with E-state index >= 15 is 0 Å². The quantitative estimate of drug-likeness (QED) is 0.215. The summed E-state index contributed by atoms with van der Waals surface area (Å²) in [6, 6.07) is 26.2. The van der Waals surface area contributed by atoms with Crippen molar-refractivity contribution in [1.82, 2.24) is 24.6 Å². The van der Waals surface area contributed by atoms with Crippen LogP contribution in [-0.4, -0.2) is 37.1 Å². The van der Waals surface area contributed by atoms with Crippen molar-refractivity contribution in [3.05, 3.63) is 122 Å². The van der Waals surface area contributed by atoms with E-state index in [0.717, 1.165) is 33.7 Å². The Bertz CT molecular complexity index is 1580. The van der Waals surface area contributed by atoms with Crippen LogP contribution >= 0.6 is 34.7 Å². The maximum absolute atomic E-state index is 13.2. The Morgan fingerprint density at radius 2 is 1.79 bits per heavy atom. The van der Waals surface area contributed by atoms with Gasteiger partial charge in [0.25, 0.3) is 5.91 Å². The topological polar surface area (TPSA) is 63.9 Å². The fourth-order valence-electron chi connectivity index (χ4n) is 4.59. The van der Waals surface area contributed by atoms with Gasteiger partial charge < -0.3 is 4.90 Å². The van der Waals surface area contributed by atoms with Crippen LogP contribution in [-0.2, 0) is 25.1 Å². The molecule has 2 aromatic heterocycles. The molecule has 3 aromatic carbocycles. The minimum absolute atomic E-state index is 0.0146. The van der Waals surface area contributed by atoms with E-state index in [0.29, 0.717) is 36.0 Å². The molecule has 0 aliphatic carbocycles. The van der Waals surface area contributed by atoms with Gasteiger partial charge in [-0.15, -0.1) is 21.5 Å². The molecule has 0 spiro atoms. The summed E-state index contributed by atoms with van der Waals surface area (Å²) < 4.78 is 2.05. The summed E-state index contributed by atoms with van der Waals surface area (Å²) in [4.78, 5) is 19.7. The Morgan fingerprint density at radius 1 is 0.974 bits per heavy atom. The van der Waals surface area contributed by atoms with Gasteiger partial charge in [-0.1, -0.05) is 84.0 Å². The molecule has 190 valence electrons. The first kappa shape index (κ1) is 24.9. The number of amides is 1. The monoisotopic (exact) mass is 557 g/mol. The maximum atomic E-state index is 13.2. The molecular formula is C29H24ClN5OS2. The second-order valence-electron chi connectivity index (χ2n) is 9.04. The highest BCUT2D eigenvalue weighted by molar-refractivity contribution is 7.98. The predicted molar refractivity (Wildman–Crippen MR) is 152 cm³/mol. The van der Waals surface area contributed by atoms with E-state index in [-0.39, 0.29) is 5.91 Å². The summed E-state index contributed by atoms with van der Waals surface area (Å²) in [6.45, 7) is 1.34. The van der Waals surface area contributed by atoms with E-state index in [2.05, 4.69) is 45.5 Å². The summed E-state index contributed by atoms with van der Waals surface area (Å²) in [6.07, 6.45) is 1.52. The summed E-state index contributed by atoms with van der Waals surface area (Å²) in [5, 5.41) is 13.2. The Labute approximate surface area is 234 Å². The summed E-state index contributed by atoms with van der Waals surface area (Å²) in [5.74, 6) is 1.41. The number of benzene rings is 3. The molecule has 0 fully saturated rings. The van der Waals surface area contributed by atoms with Gasteiger partial charge in [-0.05, 0) is 41.3 Å². The van der Waals surface area contributed by atoms with Crippen molar-refractivity contribution in [2.45, 2.75) is 30.3 Å². The molecule has 5 aromatic rings. The van der Waals surface area contributed by atoms with Crippen molar-refractivity contribution < 1.29 is 4.79 Å². The molecule has 1 aliphatic heterocycles. The molecule has 1 aliphatic rings. The van der Waals surface area contributed by atoms with Gasteiger partial charge in [-0.2, -0.15) is 0 Å². The van der Waals surface area contributed by atoms with Gasteiger partial charge in [0.15, 0.2) is 5.16 Å². The minimum Gasteiger partial charge on any atom is -0.333 e. The van der Waals surface area contributed by atoms with E-state index in [9.17, 15) is 4.79 Å². The third-order valence-electron chi connectivity index (χ3n) is 6.49.